The number of carboxylic acids is 1. The van der Waals surface area contributed by atoms with Gasteiger partial charge in [0.2, 0.25) is 5.91 Å². The number of carboxylic acid groups (broad SMARTS) is 1. The fourth-order valence-corrected chi connectivity index (χ4v) is 3.22. The third-order valence-electron chi connectivity index (χ3n) is 4.59. The van der Waals surface area contributed by atoms with Gasteiger partial charge in [-0.2, -0.15) is 0 Å². The van der Waals surface area contributed by atoms with Gasteiger partial charge in [-0.05, 0) is 25.2 Å². The number of carbonyl (C=O) groups is 2. The maximum atomic E-state index is 12.1. The second-order valence-corrected chi connectivity index (χ2v) is 6.51. The normalized spacial score (nSPS) is 19.0. The van der Waals surface area contributed by atoms with Gasteiger partial charge in [-0.3, -0.25) is 4.79 Å². The first-order valence-electron chi connectivity index (χ1n) is 8.54. The standard InChI is InChI=1S/C17H31NO3/c1-3-4-6-11-15(17(20)21)13(2)12-16(19)18-14-9-7-5-8-10-14/h13-15H,3-12H2,1-2H3,(H,18,19)(H,20,21)/p-1/t13-,15+/m0/s1. The van der Waals surface area contributed by atoms with Gasteiger partial charge in [0.25, 0.3) is 0 Å². The van der Waals surface area contributed by atoms with Crippen LogP contribution in [0.25, 0.3) is 0 Å². The molecule has 0 heterocycles. The first-order chi connectivity index (χ1) is 10.0. The first kappa shape index (κ1) is 18.0. The quantitative estimate of drug-likeness (QED) is 0.664. The van der Waals surface area contributed by atoms with Crippen LogP contribution in [0.3, 0.4) is 0 Å². The monoisotopic (exact) mass is 296 g/mol. The number of hydrogen-bond donors (Lipinski definition) is 1. The molecule has 0 aromatic rings. The average molecular weight is 296 g/mol. The van der Waals surface area contributed by atoms with Crippen LogP contribution in [0.4, 0.5) is 0 Å². The van der Waals surface area contributed by atoms with Crippen LogP contribution in [0, 0.1) is 11.8 Å². The van der Waals surface area contributed by atoms with E-state index in [4.69, 9.17) is 0 Å². The van der Waals surface area contributed by atoms with E-state index in [1.165, 1.54) is 19.3 Å². The Balaban J connectivity index is 2.37. The molecule has 1 amide bonds. The van der Waals surface area contributed by atoms with E-state index in [1.54, 1.807) is 0 Å². The van der Waals surface area contributed by atoms with Crippen molar-refractivity contribution in [2.45, 2.75) is 84.1 Å². The van der Waals surface area contributed by atoms with Crippen LogP contribution in [-0.4, -0.2) is 17.9 Å². The van der Waals surface area contributed by atoms with E-state index in [0.29, 0.717) is 18.9 Å². The topological polar surface area (TPSA) is 69.2 Å². The Kier molecular flexibility index (Phi) is 8.40. The van der Waals surface area contributed by atoms with Gasteiger partial charge >= 0.3 is 0 Å². The zero-order valence-corrected chi connectivity index (χ0v) is 13.5. The molecule has 122 valence electrons. The van der Waals surface area contributed by atoms with Gasteiger partial charge in [-0.15, -0.1) is 0 Å². The summed E-state index contributed by atoms with van der Waals surface area (Å²) in [7, 11) is 0. The number of nitrogens with one attached hydrogen (secondary N) is 1. The number of unbranched alkanes of at least 4 members (excludes halogenated alkanes) is 2. The van der Waals surface area contributed by atoms with Crippen molar-refractivity contribution in [3.8, 4) is 0 Å². The lowest BCUT2D eigenvalue weighted by molar-refractivity contribution is -0.313. The number of aliphatic carboxylic acids is 1. The Morgan fingerprint density at radius 2 is 1.86 bits per heavy atom. The summed E-state index contributed by atoms with van der Waals surface area (Å²) in [6, 6.07) is 0.292. The fourth-order valence-electron chi connectivity index (χ4n) is 3.22. The van der Waals surface area contributed by atoms with Crippen molar-refractivity contribution in [1.29, 1.82) is 0 Å². The van der Waals surface area contributed by atoms with Crippen LogP contribution in [0.1, 0.15) is 78.1 Å². The maximum Gasteiger partial charge on any atom is 0.220 e. The van der Waals surface area contributed by atoms with Crippen molar-refractivity contribution in [2.75, 3.05) is 0 Å². The van der Waals surface area contributed by atoms with Crippen molar-refractivity contribution in [1.82, 2.24) is 5.32 Å². The average Bonchev–Trinajstić information content (AvgIpc) is 2.44. The lowest BCUT2D eigenvalue weighted by Gasteiger charge is -2.27. The van der Waals surface area contributed by atoms with Crippen molar-refractivity contribution in [2.24, 2.45) is 11.8 Å². The molecule has 1 N–H and O–H groups in total. The minimum Gasteiger partial charge on any atom is -0.550 e. The summed E-state index contributed by atoms with van der Waals surface area (Å²) < 4.78 is 0. The highest BCUT2D eigenvalue weighted by Crippen LogP contribution is 2.23. The molecule has 0 spiro atoms. The highest BCUT2D eigenvalue weighted by atomic mass is 16.4. The fraction of sp³-hybridized carbons (Fsp3) is 0.882. The second-order valence-electron chi connectivity index (χ2n) is 6.51. The van der Waals surface area contributed by atoms with Crippen LogP contribution in [-0.2, 0) is 9.59 Å². The van der Waals surface area contributed by atoms with Crippen LogP contribution >= 0.6 is 0 Å². The Labute approximate surface area is 128 Å². The van der Waals surface area contributed by atoms with Gasteiger partial charge in [0.15, 0.2) is 0 Å². The maximum absolute atomic E-state index is 12.1. The highest BCUT2D eigenvalue weighted by Gasteiger charge is 2.22. The van der Waals surface area contributed by atoms with Crippen molar-refractivity contribution in [3.63, 3.8) is 0 Å². The van der Waals surface area contributed by atoms with E-state index in [0.717, 1.165) is 32.1 Å². The summed E-state index contributed by atoms with van der Waals surface area (Å²) in [5, 5.41) is 14.3. The van der Waals surface area contributed by atoms with E-state index in [9.17, 15) is 14.7 Å². The molecule has 1 fully saturated rings. The molecular weight excluding hydrogens is 266 g/mol. The molecule has 0 bridgehead atoms. The third-order valence-corrected chi connectivity index (χ3v) is 4.59. The van der Waals surface area contributed by atoms with Crippen molar-refractivity contribution >= 4 is 11.9 Å². The zero-order valence-electron chi connectivity index (χ0n) is 13.5. The summed E-state index contributed by atoms with van der Waals surface area (Å²) in [6.45, 7) is 3.95. The molecule has 0 aromatic carbocycles. The smallest absolute Gasteiger partial charge is 0.220 e. The summed E-state index contributed by atoms with van der Waals surface area (Å²) in [6.07, 6.45) is 9.63. The molecular formula is C17H30NO3-. The molecule has 0 unspecified atom stereocenters. The third kappa shape index (κ3) is 6.96. The van der Waals surface area contributed by atoms with Crippen LogP contribution in [0.5, 0.6) is 0 Å². The molecule has 1 saturated carbocycles. The second kappa shape index (κ2) is 9.80. The lowest BCUT2D eigenvalue weighted by atomic mass is 9.86. The lowest BCUT2D eigenvalue weighted by Crippen LogP contribution is -2.40. The van der Waals surface area contributed by atoms with E-state index in [2.05, 4.69) is 12.2 Å². The number of rotatable bonds is 9. The molecule has 0 aromatic heterocycles. The van der Waals surface area contributed by atoms with Gasteiger partial charge in [0.1, 0.15) is 0 Å². The Morgan fingerprint density at radius 3 is 2.43 bits per heavy atom. The first-order valence-corrected chi connectivity index (χ1v) is 8.54. The molecule has 1 aliphatic rings. The summed E-state index contributed by atoms with van der Waals surface area (Å²) in [5.74, 6) is -1.68. The number of hydrogen-bond acceptors (Lipinski definition) is 3. The largest absolute Gasteiger partial charge is 0.550 e. The Morgan fingerprint density at radius 1 is 1.19 bits per heavy atom. The zero-order chi connectivity index (χ0) is 15.7. The van der Waals surface area contributed by atoms with Gasteiger partial charge in [0.05, 0.1) is 0 Å². The predicted molar refractivity (Wildman–Crippen MR) is 81.4 cm³/mol. The molecule has 0 radical (unpaired) electrons. The Bertz CT molecular complexity index is 324. The Hall–Kier alpha value is -1.06. The van der Waals surface area contributed by atoms with E-state index < -0.39 is 11.9 Å². The predicted octanol–water partition coefficient (Wildman–Crippen LogP) is 2.41. The molecule has 0 saturated heterocycles. The molecule has 1 rings (SSSR count). The molecule has 21 heavy (non-hydrogen) atoms. The molecule has 1 aliphatic carbocycles. The van der Waals surface area contributed by atoms with Gasteiger partial charge < -0.3 is 15.2 Å². The van der Waals surface area contributed by atoms with E-state index >= 15 is 0 Å². The van der Waals surface area contributed by atoms with Gasteiger partial charge in [-0.25, -0.2) is 0 Å². The molecule has 4 heteroatoms. The van der Waals surface area contributed by atoms with Gasteiger partial charge in [0, 0.05) is 24.3 Å². The molecule has 4 nitrogen and oxygen atoms in total. The van der Waals surface area contributed by atoms with E-state index in [-0.39, 0.29) is 11.8 Å². The molecule has 0 aliphatic heterocycles. The highest BCUT2D eigenvalue weighted by molar-refractivity contribution is 5.77. The minimum absolute atomic E-state index is 0.00357. The van der Waals surface area contributed by atoms with Crippen LogP contribution < -0.4 is 10.4 Å². The van der Waals surface area contributed by atoms with Crippen molar-refractivity contribution < 1.29 is 14.7 Å². The summed E-state index contributed by atoms with van der Waals surface area (Å²) >= 11 is 0. The number of carbonyl (C=O) groups excluding carboxylic acids is 2. The van der Waals surface area contributed by atoms with Crippen LogP contribution in [0.2, 0.25) is 0 Å². The number of amides is 1. The van der Waals surface area contributed by atoms with Crippen LogP contribution in [0.15, 0.2) is 0 Å². The summed E-state index contributed by atoms with van der Waals surface area (Å²) in [5.41, 5.74) is 0. The van der Waals surface area contributed by atoms with Crippen molar-refractivity contribution in [3.05, 3.63) is 0 Å². The SMILES string of the molecule is CCCCC[C@@H](C(=O)[O-])[C@@H](C)CC(=O)NC1CCCCC1. The summed E-state index contributed by atoms with van der Waals surface area (Å²) in [4.78, 5) is 23.3. The van der Waals surface area contributed by atoms with Gasteiger partial charge in [-0.1, -0.05) is 52.4 Å². The molecule has 2 atom stereocenters. The van der Waals surface area contributed by atoms with E-state index in [1.807, 2.05) is 6.92 Å². The minimum atomic E-state index is -1.01.